The number of hydrogen-bond donors (Lipinski definition) is 2. The molecule has 0 saturated carbocycles. The van der Waals surface area contributed by atoms with Gasteiger partial charge in [-0.05, 0) is 43.6 Å². The summed E-state index contributed by atoms with van der Waals surface area (Å²) in [6.07, 6.45) is 3.56. The van der Waals surface area contributed by atoms with Crippen LogP contribution in [0.3, 0.4) is 0 Å². The smallest absolute Gasteiger partial charge is 0.278 e. The fourth-order valence-corrected chi connectivity index (χ4v) is 3.01. The van der Waals surface area contributed by atoms with Gasteiger partial charge in [-0.25, -0.2) is 4.52 Å². The summed E-state index contributed by atoms with van der Waals surface area (Å²) in [5, 5.41) is 8.21. The molecule has 0 fully saturated rings. The minimum Gasteiger partial charge on any atom is -0.330 e. The highest BCUT2D eigenvalue weighted by atomic mass is 16.1. The SMILES string of the molecule is CCC(NCCCN)c1nn2cccc2c(=O)n1Cc1ccccc1. The third-order valence-corrected chi connectivity index (χ3v) is 4.35. The molecule has 0 aliphatic heterocycles. The van der Waals surface area contributed by atoms with Crippen LogP contribution in [0.5, 0.6) is 0 Å². The van der Waals surface area contributed by atoms with Crippen molar-refractivity contribution in [3.05, 3.63) is 70.4 Å². The first-order valence-corrected chi connectivity index (χ1v) is 8.80. The Balaban J connectivity index is 2.05. The second kappa shape index (κ2) is 8.09. The van der Waals surface area contributed by atoms with Crippen molar-refractivity contribution >= 4 is 5.52 Å². The van der Waals surface area contributed by atoms with E-state index in [1.165, 1.54) is 0 Å². The fraction of sp³-hybridized carbons (Fsp3) is 0.368. The third kappa shape index (κ3) is 3.81. The molecule has 3 aromatic rings. The molecule has 0 spiro atoms. The summed E-state index contributed by atoms with van der Waals surface area (Å²) < 4.78 is 3.46. The second-order valence-corrected chi connectivity index (χ2v) is 6.13. The highest BCUT2D eigenvalue weighted by Crippen LogP contribution is 2.15. The topological polar surface area (TPSA) is 77.3 Å². The molecule has 2 aromatic heterocycles. The Kier molecular flexibility index (Phi) is 5.63. The molecule has 6 heteroatoms. The van der Waals surface area contributed by atoms with Crippen LogP contribution in [0.2, 0.25) is 0 Å². The molecule has 132 valence electrons. The lowest BCUT2D eigenvalue weighted by Crippen LogP contribution is -2.34. The molecular formula is C19H25N5O. The molecule has 1 atom stereocenters. The fourth-order valence-electron chi connectivity index (χ4n) is 3.01. The zero-order chi connectivity index (χ0) is 17.6. The Labute approximate surface area is 147 Å². The van der Waals surface area contributed by atoms with Crippen molar-refractivity contribution in [2.75, 3.05) is 13.1 Å². The van der Waals surface area contributed by atoms with Crippen molar-refractivity contribution in [2.45, 2.75) is 32.4 Å². The lowest BCUT2D eigenvalue weighted by Gasteiger charge is -2.21. The van der Waals surface area contributed by atoms with Crippen molar-refractivity contribution in [1.29, 1.82) is 0 Å². The summed E-state index contributed by atoms with van der Waals surface area (Å²) >= 11 is 0. The van der Waals surface area contributed by atoms with E-state index in [0.717, 1.165) is 30.8 Å². The van der Waals surface area contributed by atoms with Gasteiger partial charge in [0.25, 0.3) is 5.56 Å². The Bertz CT molecular complexity index is 868. The molecule has 3 rings (SSSR count). The molecule has 1 unspecified atom stereocenters. The monoisotopic (exact) mass is 339 g/mol. The zero-order valence-corrected chi connectivity index (χ0v) is 14.6. The average Bonchev–Trinajstić information content (AvgIpc) is 3.11. The normalized spacial score (nSPS) is 12.6. The van der Waals surface area contributed by atoms with Crippen LogP contribution in [0.15, 0.2) is 53.5 Å². The largest absolute Gasteiger partial charge is 0.330 e. The Morgan fingerprint density at radius 2 is 2.00 bits per heavy atom. The highest BCUT2D eigenvalue weighted by Gasteiger charge is 2.19. The summed E-state index contributed by atoms with van der Waals surface area (Å²) in [7, 11) is 0. The van der Waals surface area contributed by atoms with Gasteiger partial charge >= 0.3 is 0 Å². The molecule has 0 amide bonds. The maximum absolute atomic E-state index is 13.0. The lowest BCUT2D eigenvalue weighted by molar-refractivity contribution is 0.451. The van der Waals surface area contributed by atoms with Crippen LogP contribution >= 0.6 is 0 Å². The minimum atomic E-state index is -0.0158. The quantitative estimate of drug-likeness (QED) is 0.615. The number of aromatic nitrogens is 3. The van der Waals surface area contributed by atoms with E-state index in [-0.39, 0.29) is 11.6 Å². The second-order valence-electron chi connectivity index (χ2n) is 6.13. The van der Waals surface area contributed by atoms with E-state index in [0.29, 0.717) is 18.6 Å². The van der Waals surface area contributed by atoms with Crippen molar-refractivity contribution in [3.8, 4) is 0 Å². The first-order chi connectivity index (χ1) is 12.2. The summed E-state index contributed by atoms with van der Waals surface area (Å²) in [6, 6.07) is 13.7. The maximum Gasteiger partial charge on any atom is 0.278 e. The standard InChI is InChI=1S/C19H25N5O/c1-2-16(21-12-7-11-20)18-22-24-13-6-10-17(24)19(25)23(18)14-15-8-4-3-5-9-15/h3-6,8-10,13,16,21H,2,7,11-12,14,20H2,1H3. The van der Waals surface area contributed by atoms with Crippen LogP contribution in [-0.2, 0) is 6.54 Å². The lowest BCUT2D eigenvalue weighted by atomic mass is 10.1. The van der Waals surface area contributed by atoms with E-state index in [4.69, 9.17) is 10.8 Å². The van der Waals surface area contributed by atoms with Crippen LogP contribution < -0.4 is 16.6 Å². The van der Waals surface area contributed by atoms with E-state index in [1.807, 2.05) is 48.7 Å². The molecule has 25 heavy (non-hydrogen) atoms. The van der Waals surface area contributed by atoms with Gasteiger partial charge in [-0.2, -0.15) is 5.10 Å². The van der Waals surface area contributed by atoms with Crippen LogP contribution in [0.25, 0.3) is 5.52 Å². The van der Waals surface area contributed by atoms with Crippen LogP contribution in [0, 0.1) is 0 Å². The van der Waals surface area contributed by atoms with Crippen LogP contribution in [0.4, 0.5) is 0 Å². The van der Waals surface area contributed by atoms with Crippen molar-refractivity contribution < 1.29 is 0 Å². The maximum atomic E-state index is 13.0. The van der Waals surface area contributed by atoms with E-state index < -0.39 is 0 Å². The molecule has 1 aromatic carbocycles. The molecular weight excluding hydrogens is 314 g/mol. The predicted molar refractivity (Wildman–Crippen MR) is 99.7 cm³/mol. The van der Waals surface area contributed by atoms with E-state index >= 15 is 0 Å². The Hall–Kier alpha value is -2.44. The van der Waals surface area contributed by atoms with Gasteiger partial charge in [0.05, 0.1) is 12.6 Å². The molecule has 0 radical (unpaired) electrons. The number of nitrogens with two attached hydrogens (primary N) is 1. The van der Waals surface area contributed by atoms with Crippen molar-refractivity contribution in [1.82, 2.24) is 19.5 Å². The van der Waals surface area contributed by atoms with Gasteiger partial charge < -0.3 is 11.1 Å². The predicted octanol–water partition coefficient (Wildman–Crippen LogP) is 1.93. The van der Waals surface area contributed by atoms with Gasteiger partial charge in [-0.15, -0.1) is 0 Å². The van der Waals surface area contributed by atoms with Crippen LogP contribution in [-0.4, -0.2) is 27.3 Å². The van der Waals surface area contributed by atoms with E-state index in [2.05, 4.69) is 12.2 Å². The third-order valence-electron chi connectivity index (χ3n) is 4.35. The number of hydrogen-bond acceptors (Lipinski definition) is 4. The van der Waals surface area contributed by atoms with Crippen molar-refractivity contribution in [2.24, 2.45) is 5.73 Å². The van der Waals surface area contributed by atoms with E-state index in [9.17, 15) is 4.79 Å². The molecule has 3 N–H and O–H groups in total. The van der Waals surface area contributed by atoms with Gasteiger partial charge in [-0.3, -0.25) is 9.36 Å². The van der Waals surface area contributed by atoms with Gasteiger partial charge in [0.1, 0.15) is 11.3 Å². The summed E-state index contributed by atoms with van der Waals surface area (Å²) in [5.74, 6) is 0.761. The zero-order valence-electron chi connectivity index (χ0n) is 14.6. The first kappa shape index (κ1) is 17.4. The molecule has 0 saturated heterocycles. The molecule has 0 aliphatic rings. The molecule has 0 bridgehead atoms. The van der Waals surface area contributed by atoms with Gasteiger partial charge in [-0.1, -0.05) is 37.3 Å². The summed E-state index contributed by atoms with van der Waals surface area (Å²) in [5.41, 5.74) is 7.26. The Morgan fingerprint density at radius 3 is 2.72 bits per heavy atom. The Morgan fingerprint density at radius 1 is 1.20 bits per heavy atom. The van der Waals surface area contributed by atoms with E-state index in [1.54, 1.807) is 9.08 Å². The van der Waals surface area contributed by atoms with Crippen molar-refractivity contribution in [3.63, 3.8) is 0 Å². The molecule has 0 aliphatic carbocycles. The average molecular weight is 339 g/mol. The van der Waals surface area contributed by atoms with Gasteiger partial charge in [0.2, 0.25) is 0 Å². The van der Waals surface area contributed by atoms with Gasteiger partial charge in [0, 0.05) is 6.20 Å². The minimum absolute atomic E-state index is 0.00904. The highest BCUT2D eigenvalue weighted by molar-refractivity contribution is 5.44. The number of rotatable bonds is 8. The number of benzene rings is 1. The summed E-state index contributed by atoms with van der Waals surface area (Å²) in [4.78, 5) is 13.0. The number of nitrogens with zero attached hydrogens (tertiary/aromatic N) is 3. The number of fused-ring (bicyclic) bond motifs is 1. The number of nitrogens with one attached hydrogen (secondary N) is 1. The van der Waals surface area contributed by atoms with Gasteiger partial charge in [0.15, 0.2) is 0 Å². The van der Waals surface area contributed by atoms with Crippen LogP contribution in [0.1, 0.15) is 37.2 Å². The molecule has 6 nitrogen and oxygen atoms in total. The summed E-state index contributed by atoms with van der Waals surface area (Å²) in [6.45, 7) is 4.06. The first-order valence-electron chi connectivity index (χ1n) is 8.80. The molecule has 2 heterocycles.